The minimum Gasteiger partial charge on any atom is -0.404 e. The Morgan fingerprint density at radius 3 is 2.86 bits per heavy atom. The number of carbonyl (C=O) groups excluding carboxylic acids is 1. The molecule has 0 bridgehead atoms. The molecule has 1 unspecified atom stereocenters. The third-order valence-electron chi connectivity index (χ3n) is 4.80. The molecule has 1 aromatic heterocycles. The van der Waals surface area contributed by atoms with E-state index in [1.807, 2.05) is 6.07 Å². The monoisotopic (exact) mass is 411 g/mol. The quantitative estimate of drug-likeness (QED) is 0.754. The van der Waals surface area contributed by atoms with Gasteiger partial charge in [0.15, 0.2) is 0 Å². The summed E-state index contributed by atoms with van der Waals surface area (Å²) in [7, 11) is 1.62. The highest BCUT2D eigenvalue weighted by Crippen LogP contribution is 2.37. The number of aliphatic imine (C=N–C) groups is 1. The van der Waals surface area contributed by atoms with E-state index < -0.39 is 5.82 Å². The Kier molecular flexibility index (Phi) is 6.42. The van der Waals surface area contributed by atoms with E-state index in [1.54, 1.807) is 30.3 Å². The van der Waals surface area contributed by atoms with Gasteiger partial charge < -0.3 is 16.4 Å². The summed E-state index contributed by atoms with van der Waals surface area (Å²) in [6, 6.07) is 7.93. The van der Waals surface area contributed by atoms with Crippen molar-refractivity contribution in [3.8, 4) is 17.2 Å². The van der Waals surface area contributed by atoms with Gasteiger partial charge in [-0.2, -0.15) is 5.26 Å². The lowest BCUT2D eigenvalue weighted by atomic mass is 10.0. The molecule has 29 heavy (non-hydrogen) atoms. The second-order valence-corrected chi connectivity index (χ2v) is 7.87. The van der Waals surface area contributed by atoms with Crippen molar-refractivity contribution in [2.45, 2.75) is 18.9 Å². The second-order valence-electron chi connectivity index (χ2n) is 6.82. The highest BCUT2D eigenvalue weighted by molar-refractivity contribution is 7.16. The Labute approximate surface area is 173 Å². The molecule has 8 heteroatoms. The van der Waals surface area contributed by atoms with E-state index in [-0.39, 0.29) is 17.5 Å². The molecule has 3 rings (SSSR count). The predicted octanol–water partition coefficient (Wildman–Crippen LogP) is 2.99. The first kappa shape index (κ1) is 20.7. The summed E-state index contributed by atoms with van der Waals surface area (Å²) in [5.41, 5.74) is 13.6. The number of allylic oxidation sites excluding steroid dienone is 1. The lowest BCUT2D eigenvalue weighted by Gasteiger charge is -2.30. The van der Waals surface area contributed by atoms with Gasteiger partial charge in [-0.05, 0) is 36.6 Å². The Balaban J connectivity index is 2.08. The second kappa shape index (κ2) is 8.99. The van der Waals surface area contributed by atoms with Crippen LogP contribution in [0.1, 0.15) is 33.0 Å². The molecule has 1 saturated heterocycles. The van der Waals surface area contributed by atoms with Crippen molar-refractivity contribution in [3.05, 3.63) is 51.6 Å². The molecule has 1 amide bonds. The molecule has 0 radical (unpaired) electrons. The smallest absolute Gasteiger partial charge is 0.264 e. The van der Waals surface area contributed by atoms with Gasteiger partial charge in [-0.25, -0.2) is 4.39 Å². The summed E-state index contributed by atoms with van der Waals surface area (Å²) < 4.78 is 14.2. The zero-order valence-electron chi connectivity index (χ0n) is 16.1. The maximum atomic E-state index is 14.2. The fourth-order valence-electron chi connectivity index (χ4n) is 3.37. The average molecular weight is 412 g/mol. The van der Waals surface area contributed by atoms with E-state index in [1.165, 1.54) is 29.7 Å². The first-order chi connectivity index (χ1) is 14.0. The molecule has 150 valence electrons. The third-order valence-corrected chi connectivity index (χ3v) is 5.97. The molecule has 1 fully saturated rings. The largest absolute Gasteiger partial charge is 0.404 e. The van der Waals surface area contributed by atoms with Crippen molar-refractivity contribution in [2.24, 2.45) is 16.5 Å². The van der Waals surface area contributed by atoms with E-state index in [0.29, 0.717) is 39.5 Å². The Morgan fingerprint density at radius 2 is 2.24 bits per heavy atom. The van der Waals surface area contributed by atoms with Crippen molar-refractivity contribution in [2.75, 3.05) is 20.1 Å². The van der Waals surface area contributed by atoms with Crippen LogP contribution in [0.25, 0.3) is 16.7 Å². The zero-order valence-corrected chi connectivity index (χ0v) is 16.9. The van der Waals surface area contributed by atoms with Crippen molar-refractivity contribution >= 4 is 29.0 Å². The van der Waals surface area contributed by atoms with Crippen LogP contribution in [0.3, 0.4) is 0 Å². The van der Waals surface area contributed by atoms with E-state index in [4.69, 9.17) is 16.7 Å². The average Bonchev–Trinajstić information content (AvgIpc) is 3.16. The molecule has 0 spiro atoms. The molecule has 2 heterocycles. The topological polar surface area (TPSA) is 108 Å². The summed E-state index contributed by atoms with van der Waals surface area (Å²) in [6.45, 7) is 1.18. The highest BCUT2D eigenvalue weighted by Gasteiger charge is 2.26. The number of nitriles is 1. The van der Waals surface area contributed by atoms with Crippen LogP contribution in [0.15, 0.2) is 35.5 Å². The van der Waals surface area contributed by atoms with Gasteiger partial charge in [0.2, 0.25) is 0 Å². The van der Waals surface area contributed by atoms with Crippen LogP contribution in [0.5, 0.6) is 0 Å². The first-order valence-corrected chi connectivity index (χ1v) is 10.0. The summed E-state index contributed by atoms with van der Waals surface area (Å²) in [6.07, 6.45) is 4.78. The van der Waals surface area contributed by atoms with Gasteiger partial charge in [0.25, 0.3) is 5.91 Å². The van der Waals surface area contributed by atoms with Gasteiger partial charge >= 0.3 is 0 Å². The van der Waals surface area contributed by atoms with Crippen LogP contribution < -0.4 is 11.5 Å². The molecule has 4 N–H and O–H groups in total. The standard InChI is InChI=1S/C21H22FN5OS/c1-26-11-15(10-24)20-17(13-4-5-14(9-23)18(22)7-13)8-19(29-20)21(28)27-6-2-3-16(25)12-27/h4-5,7-8,10-11,16H,2-3,6,12,24-25H2,1H3. The van der Waals surface area contributed by atoms with Crippen molar-refractivity contribution in [3.63, 3.8) is 0 Å². The molecular weight excluding hydrogens is 389 g/mol. The lowest BCUT2D eigenvalue weighted by molar-refractivity contribution is 0.0714. The predicted molar refractivity (Wildman–Crippen MR) is 114 cm³/mol. The third kappa shape index (κ3) is 4.36. The number of nitrogens with two attached hydrogens (primary N) is 2. The van der Waals surface area contributed by atoms with Crippen LogP contribution in [0.2, 0.25) is 0 Å². The SMILES string of the molecule is CN=CC(=CN)c1sc(C(=O)N2CCCC(N)C2)cc1-c1ccc(C#N)c(F)c1. The van der Waals surface area contributed by atoms with Crippen molar-refractivity contribution in [1.82, 2.24) is 4.90 Å². The Morgan fingerprint density at radius 1 is 1.45 bits per heavy atom. The molecule has 2 aromatic rings. The number of benzene rings is 1. The molecule has 6 nitrogen and oxygen atoms in total. The van der Waals surface area contributed by atoms with Crippen molar-refractivity contribution < 1.29 is 9.18 Å². The van der Waals surface area contributed by atoms with Gasteiger partial charge in [-0.15, -0.1) is 11.3 Å². The molecule has 1 aliphatic rings. The van der Waals surface area contributed by atoms with Crippen LogP contribution in [-0.4, -0.2) is 43.2 Å². The number of carbonyl (C=O) groups is 1. The fourth-order valence-corrected chi connectivity index (χ4v) is 4.50. The minimum atomic E-state index is -0.612. The molecular formula is C21H22FN5OS. The number of halogens is 1. The maximum Gasteiger partial charge on any atom is 0.264 e. The zero-order chi connectivity index (χ0) is 21.0. The number of amides is 1. The summed E-state index contributed by atoms with van der Waals surface area (Å²) in [5.74, 6) is -0.712. The number of nitrogens with zero attached hydrogens (tertiary/aromatic N) is 3. The summed E-state index contributed by atoms with van der Waals surface area (Å²) in [4.78, 5) is 20.1. The van der Waals surface area contributed by atoms with Gasteiger partial charge in [0.1, 0.15) is 11.9 Å². The van der Waals surface area contributed by atoms with E-state index in [2.05, 4.69) is 4.99 Å². The summed E-state index contributed by atoms with van der Waals surface area (Å²) >= 11 is 1.29. The van der Waals surface area contributed by atoms with Gasteiger partial charge in [0, 0.05) is 54.6 Å². The van der Waals surface area contributed by atoms with Crippen LogP contribution >= 0.6 is 11.3 Å². The number of likely N-dealkylation sites (tertiary alicyclic amines) is 1. The minimum absolute atomic E-state index is 0.0223. The summed E-state index contributed by atoms with van der Waals surface area (Å²) in [5, 5.41) is 8.98. The number of hydrogen-bond donors (Lipinski definition) is 2. The number of rotatable bonds is 4. The lowest BCUT2D eigenvalue weighted by Crippen LogP contribution is -2.45. The number of thiophene rings is 1. The molecule has 1 aromatic carbocycles. The van der Waals surface area contributed by atoms with Gasteiger partial charge in [-0.3, -0.25) is 9.79 Å². The molecule has 1 aliphatic heterocycles. The van der Waals surface area contributed by atoms with E-state index in [9.17, 15) is 9.18 Å². The van der Waals surface area contributed by atoms with Gasteiger partial charge in [-0.1, -0.05) is 6.07 Å². The number of piperidine rings is 1. The Bertz CT molecular complexity index is 1020. The molecule has 0 aliphatic carbocycles. The van der Waals surface area contributed by atoms with E-state index >= 15 is 0 Å². The van der Waals surface area contributed by atoms with E-state index in [0.717, 1.165) is 12.8 Å². The van der Waals surface area contributed by atoms with Crippen molar-refractivity contribution in [1.29, 1.82) is 5.26 Å². The number of hydrogen-bond acceptors (Lipinski definition) is 6. The Hall–Kier alpha value is -3.02. The molecule has 1 atom stereocenters. The maximum absolute atomic E-state index is 14.2. The fraction of sp³-hybridized carbons (Fsp3) is 0.286. The molecule has 0 saturated carbocycles. The van der Waals surface area contributed by atoms with Crippen LogP contribution in [-0.2, 0) is 0 Å². The first-order valence-electron chi connectivity index (χ1n) is 9.21. The normalized spacial score (nSPS) is 17.5. The highest BCUT2D eigenvalue weighted by atomic mass is 32.1. The van der Waals surface area contributed by atoms with Gasteiger partial charge in [0.05, 0.1) is 10.4 Å². The van der Waals surface area contributed by atoms with Crippen LogP contribution in [0.4, 0.5) is 4.39 Å². The van der Waals surface area contributed by atoms with Crippen LogP contribution in [0, 0.1) is 17.1 Å².